The van der Waals surface area contributed by atoms with Gasteiger partial charge >= 0.3 is 12.1 Å². The minimum atomic E-state index is -0.264. The molecule has 1 amide bonds. The molecular formula is C15H19N2O4+. The van der Waals surface area contributed by atoms with Crippen molar-refractivity contribution < 1.29 is 24.0 Å². The van der Waals surface area contributed by atoms with E-state index in [0.717, 1.165) is 18.7 Å². The summed E-state index contributed by atoms with van der Waals surface area (Å²) in [5.41, 5.74) is 1.60. The highest BCUT2D eigenvalue weighted by Crippen LogP contribution is 2.26. The summed E-state index contributed by atoms with van der Waals surface area (Å²) in [6.45, 7) is 4.90. The number of amides is 1. The van der Waals surface area contributed by atoms with Gasteiger partial charge in [0.05, 0.1) is 43.9 Å². The Morgan fingerprint density at radius 1 is 1.38 bits per heavy atom. The molecule has 0 bridgehead atoms. The molecule has 0 saturated carbocycles. The lowest BCUT2D eigenvalue weighted by molar-refractivity contribution is -0.955. The minimum absolute atomic E-state index is 0.252. The van der Waals surface area contributed by atoms with E-state index < -0.39 is 0 Å². The first-order valence-corrected chi connectivity index (χ1v) is 7.27. The third kappa shape index (κ3) is 2.58. The Labute approximate surface area is 123 Å². The quantitative estimate of drug-likeness (QED) is 0.792. The molecule has 1 unspecified atom stereocenters. The monoisotopic (exact) mass is 291 g/mol. The van der Waals surface area contributed by atoms with E-state index in [-0.39, 0.29) is 18.3 Å². The summed E-state index contributed by atoms with van der Waals surface area (Å²) in [5, 5.41) is 0. The van der Waals surface area contributed by atoms with Gasteiger partial charge in [0.25, 0.3) is 6.23 Å². The Kier molecular flexibility index (Phi) is 3.79. The number of hydrogen-bond donors (Lipinski definition) is 1. The van der Waals surface area contributed by atoms with Gasteiger partial charge in [0.15, 0.2) is 0 Å². The molecule has 0 radical (unpaired) electrons. The summed E-state index contributed by atoms with van der Waals surface area (Å²) in [4.78, 5) is 26.4. The van der Waals surface area contributed by atoms with Gasteiger partial charge in [0.2, 0.25) is 0 Å². The topological polar surface area (TPSA) is 60.3 Å². The highest BCUT2D eigenvalue weighted by molar-refractivity contribution is 5.93. The van der Waals surface area contributed by atoms with Crippen LogP contribution in [0.4, 0.5) is 4.79 Å². The SMILES string of the molecule is CCOC(=O)N1CC[NH+](C2OC(=O)c3ccccc32)CC1. The van der Waals surface area contributed by atoms with Gasteiger partial charge in [-0.25, -0.2) is 9.59 Å². The second-order valence-corrected chi connectivity index (χ2v) is 5.22. The summed E-state index contributed by atoms with van der Waals surface area (Å²) >= 11 is 0. The van der Waals surface area contributed by atoms with Gasteiger partial charge in [-0.3, -0.25) is 9.80 Å². The Morgan fingerprint density at radius 3 is 2.81 bits per heavy atom. The predicted molar refractivity (Wildman–Crippen MR) is 73.9 cm³/mol. The van der Waals surface area contributed by atoms with Crippen LogP contribution < -0.4 is 4.90 Å². The number of esters is 1. The molecule has 6 heteroatoms. The Hall–Kier alpha value is -2.08. The Balaban J connectivity index is 1.66. The van der Waals surface area contributed by atoms with Gasteiger partial charge in [-0.15, -0.1) is 0 Å². The molecule has 1 saturated heterocycles. The van der Waals surface area contributed by atoms with Crippen LogP contribution in [0.15, 0.2) is 24.3 Å². The van der Waals surface area contributed by atoms with Gasteiger partial charge in [-0.2, -0.15) is 0 Å². The molecule has 0 spiro atoms. The van der Waals surface area contributed by atoms with Crippen molar-refractivity contribution >= 4 is 12.1 Å². The number of nitrogens with zero attached hydrogens (tertiary/aromatic N) is 1. The van der Waals surface area contributed by atoms with Crippen LogP contribution in [0.25, 0.3) is 0 Å². The van der Waals surface area contributed by atoms with E-state index in [2.05, 4.69) is 0 Å². The average molecular weight is 291 g/mol. The molecule has 1 aromatic carbocycles. The normalized spacial score (nSPS) is 21.9. The zero-order chi connectivity index (χ0) is 14.8. The molecule has 3 rings (SSSR count). The number of carbonyl (C=O) groups is 2. The lowest BCUT2D eigenvalue weighted by Crippen LogP contribution is -3.15. The van der Waals surface area contributed by atoms with Crippen molar-refractivity contribution in [3.05, 3.63) is 35.4 Å². The predicted octanol–water partition coefficient (Wildman–Crippen LogP) is 0.213. The molecule has 2 aliphatic heterocycles. The standard InChI is InChI=1S/C15H18N2O4/c1-2-20-15(19)17-9-7-16(8-10-17)13-11-5-3-4-6-12(11)14(18)21-13/h3-6,13H,2,7-10H2,1H3/p+1. The van der Waals surface area contributed by atoms with Crippen molar-refractivity contribution in [3.8, 4) is 0 Å². The van der Waals surface area contributed by atoms with Crippen LogP contribution >= 0.6 is 0 Å². The molecule has 112 valence electrons. The molecule has 1 aromatic rings. The molecule has 1 atom stereocenters. The molecule has 21 heavy (non-hydrogen) atoms. The van der Waals surface area contributed by atoms with Crippen molar-refractivity contribution in [1.29, 1.82) is 0 Å². The first kappa shape index (κ1) is 13.9. The zero-order valence-corrected chi connectivity index (χ0v) is 12.0. The number of ether oxygens (including phenoxy) is 2. The molecule has 0 aromatic heterocycles. The summed E-state index contributed by atoms with van der Waals surface area (Å²) < 4.78 is 10.5. The molecule has 1 fully saturated rings. The molecule has 2 aliphatic rings. The number of nitrogens with one attached hydrogen (secondary N) is 1. The van der Waals surface area contributed by atoms with E-state index in [9.17, 15) is 9.59 Å². The van der Waals surface area contributed by atoms with Gasteiger partial charge in [-0.05, 0) is 19.1 Å². The van der Waals surface area contributed by atoms with E-state index in [0.29, 0.717) is 25.3 Å². The maximum atomic E-state index is 11.9. The molecule has 0 aliphatic carbocycles. The number of rotatable bonds is 2. The van der Waals surface area contributed by atoms with Crippen molar-refractivity contribution in [2.75, 3.05) is 32.8 Å². The van der Waals surface area contributed by atoms with Crippen LogP contribution in [-0.2, 0) is 9.47 Å². The van der Waals surface area contributed by atoms with E-state index in [1.54, 1.807) is 17.9 Å². The van der Waals surface area contributed by atoms with Gasteiger partial charge < -0.3 is 9.47 Å². The van der Waals surface area contributed by atoms with Crippen molar-refractivity contribution in [2.45, 2.75) is 13.2 Å². The lowest BCUT2D eigenvalue weighted by Gasteiger charge is -2.33. The molecule has 1 N–H and O–H groups in total. The summed E-state index contributed by atoms with van der Waals surface area (Å²) in [6.07, 6.45) is -0.515. The minimum Gasteiger partial charge on any atom is -0.450 e. The van der Waals surface area contributed by atoms with E-state index >= 15 is 0 Å². The van der Waals surface area contributed by atoms with Crippen LogP contribution in [-0.4, -0.2) is 49.7 Å². The van der Waals surface area contributed by atoms with Gasteiger partial charge in [-0.1, -0.05) is 12.1 Å². The maximum Gasteiger partial charge on any atom is 0.410 e. The third-order valence-corrected chi connectivity index (χ3v) is 3.99. The highest BCUT2D eigenvalue weighted by atomic mass is 16.6. The highest BCUT2D eigenvalue weighted by Gasteiger charge is 2.40. The first-order chi connectivity index (χ1) is 10.2. The van der Waals surface area contributed by atoms with Crippen LogP contribution in [0.1, 0.15) is 29.1 Å². The van der Waals surface area contributed by atoms with E-state index in [1.807, 2.05) is 18.2 Å². The number of fused-ring (bicyclic) bond motifs is 1. The number of quaternary nitrogens is 1. The van der Waals surface area contributed by atoms with Crippen molar-refractivity contribution in [3.63, 3.8) is 0 Å². The summed E-state index contributed by atoms with van der Waals surface area (Å²) in [7, 11) is 0. The molecule has 6 nitrogen and oxygen atoms in total. The lowest BCUT2D eigenvalue weighted by atomic mass is 10.1. The second kappa shape index (κ2) is 5.73. The number of hydrogen-bond acceptors (Lipinski definition) is 4. The number of benzene rings is 1. The first-order valence-electron chi connectivity index (χ1n) is 7.27. The van der Waals surface area contributed by atoms with Crippen LogP contribution in [0.5, 0.6) is 0 Å². The Morgan fingerprint density at radius 2 is 2.10 bits per heavy atom. The maximum absolute atomic E-state index is 11.9. The van der Waals surface area contributed by atoms with Crippen molar-refractivity contribution in [1.82, 2.24) is 4.90 Å². The van der Waals surface area contributed by atoms with Crippen molar-refractivity contribution in [2.24, 2.45) is 0 Å². The number of piperazine rings is 1. The third-order valence-electron chi connectivity index (χ3n) is 3.99. The van der Waals surface area contributed by atoms with Gasteiger partial charge in [0.1, 0.15) is 0 Å². The van der Waals surface area contributed by atoms with Crippen LogP contribution in [0.2, 0.25) is 0 Å². The second-order valence-electron chi connectivity index (χ2n) is 5.22. The average Bonchev–Trinajstić information content (AvgIpc) is 2.85. The largest absolute Gasteiger partial charge is 0.450 e. The summed E-state index contributed by atoms with van der Waals surface area (Å²) in [5.74, 6) is -0.254. The fraction of sp³-hybridized carbons (Fsp3) is 0.467. The summed E-state index contributed by atoms with van der Waals surface area (Å²) in [6, 6.07) is 7.50. The fourth-order valence-corrected chi connectivity index (χ4v) is 2.90. The molecular weight excluding hydrogens is 272 g/mol. The number of cyclic esters (lactones) is 1. The fourth-order valence-electron chi connectivity index (χ4n) is 2.90. The number of carbonyl (C=O) groups excluding carboxylic acids is 2. The van der Waals surface area contributed by atoms with Gasteiger partial charge in [0, 0.05) is 0 Å². The smallest absolute Gasteiger partial charge is 0.410 e. The molecule has 2 heterocycles. The van der Waals surface area contributed by atoms with Crippen LogP contribution in [0, 0.1) is 0 Å². The van der Waals surface area contributed by atoms with E-state index in [4.69, 9.17) is 9.47 Å². The Bertz CT molecular complexity index is 552. The van der Waals surface area contributed by atoms with Crippen LogP contribution in [0.3, 0.4) is 0 Å². The van der Waals surface area contributed by atoms with E-state index in [1.165, 1.54) is 4.90 Å². The zero-order valence-electron chi connectivity index (χ0n) is 12.0.